The summed E-state index contributed by atoms with van der Waals surface area (Å²) in [5, 5.41) is 0. The average molecular weight is 243 g/mol. The highest BCUT2D eigenvalue weighted by Crippen LogP contribution is 2.17. The van der Waals surface area contributed by atoms with Crippen LogP contribution in [0, 0.1) is 10.1 Å². The van der Waals surface area contributed by atoms with Gasteiger partial charge in [-0.2, -0.15) is 0 Å². The van der Waals surface area contributed by atoms with E-state index in [-0.39, 0.29) is 0 Å². The summed E-state index contributed by atoms with van der Waals surface area (Å²) in [6, 6.07) is 8.07. The quantitative estimate of drug-likeness (QED) is 0.525. The van der Waals surface area contributed by atoms with Crippen LogP contribution in [0.25, 0.3) is 5.57 Å². The molecule has 0 spiro atoms. The summed E-state index contributed by atoms with van der Waals surface area (Å²) >= 11 is 2.27. The summed E-state index contributed by atoms with van der Waals surface area (Å²) in [5.41, 5.74) is 2.02. The maximum absolute atomic E-state index is 5.63. The largest absolute Gasteiger partial charge is 0.169 e. The minimum absolute atomic E-state index is 0.880. The predicted octanol–water partition coefficient (Wildman–Crippen LogP) is 3.13. The fraction of sp³-hybridized carbons (Fsp3) is 0.111. The second kappa shape index (κ2) is 3.13. The van der Waals surface area contributed by atoms with E-state index in [1.54, 1.807) is 0 Å². The topological polar surface area (TPSA) is 0 Å². The molecule has 0 aliphatic heterocycles. The van der Waals surface area contributed by atoms with Crippen molar-refractivity contribution in [1.29, 1.82) is 0 Å². The van der Waals surface area contributed by atoms with Crippen LogP contribution in [0.2, 0.25) is 0 Å². The third-order valence-electron chi connectivity index (χ3n) is 1.30. The van der Waals surface area contributed by atoms with E-state index in [2.05, 4.69) is 22.6 Å². The Morgan fingerprint density at radius 1 is 1.40 bits per heavy atom. The van der Waals surface area contributed by atoms with Gasteiger partial charge in [0.1, 0.15) is 9.13 Å². The molecule has 0 heterocycles. The SMILES string of the molecule is [CH+]=C(C)c1ccccc1I. The van der Waals surface area contributed by atoms with Gasteiger partial charge in [-0.05, 0) is 34.7 Å². The molecule has 0 saturated heterocycles. The fourth-order valence-electron chi connectivity index (χ4n) is 0.781. The molecule has 0 radical (unpaired) electrons. The first-order chi connectivity index (χ1) is 4.72. The van der Waals surface area contributed by atoms with Gasteiger partial charge in [-0.25, -0.2) is 0 Å². The maximum Gasteiger partial charge on any atom is 0.169 e. The van der Waals surface area contributed by atoms with E-state index in [1.165, 1.54) is 3.57 Å². The van der Waals surface area contributed by atoms with E-state index in [9.17, 15) is 0 Å². The van der Waals surface area contributed by atoms with Gasteiger partial charge in [0.05, 0.1) is 6.58 Å². The van der Waals surface area contributed by atoms with Gasteiger partial charge in [-0.3, -0.25) is 0 Å². The minimum atomic E-state index is 0.880. The third-order valence-corrected chi connectivity index (χ3v) is 2.24. The molecule has 1 heteroatoms. The summed E-state index contributed by atoms with van der Waals surface area (Å²) in [5.74, 6) is 0. The Morgan fingerprint density at radius 2 is 2.00 bits per heavy atom. The van der Waals surface area contributed by atoms with Gasteiger partial charge in [0.25, 0.3) is 0 Å². The van der Waals surface area contributed by atoms with Gasteiger partial charge in [0.2, 0.25) is 0 Å². The van der Waals surface area contributed by atoms with E-state index in [1.807, 2.05) is 31.2 Å². The smallest absolute Gasteiger partial charge is 0.0575 e. The van der Waals surface area contributed by atoms with Crippen molar-refractivity contribution in [3.63, 3.8) is 0 Å². The zero-order valence-corrected chi connectivity index (χ0v) is 7.92. The van der Waals surface area contributed by atoms with Crippen molar-refractivity contribution in [2.75, 3.05) is 0 Å². The highest BCUT2D eigenvalue weighted by Gasteiger charge is 2.07. The van der Waals surface area contributed by atoms with E-state index in [4.69, 9.17) is 6.58 Å². The second-order valence-electron chi connectivity index (χ2n) is 2.16. The number of hydrogen-bond acceptors (Lipinski definition) is 0. The van der Waals surface area contributed by atoms with Gasteiger partial charge in [-0.15, -0.1) is 0 Å². The van der Waals surface area contributed by atoms with Crippen LogP contribution in [-0.2, 0) is 0 Å². The first-order valence-electron chi connectivity index (χ1n) is 3.06. The number of allylic oxidation sites excluding steroid dienone is 1. The lowest BCUT2D eigenvalue weighted by molar-refractivity contribution is 1.53. The van der Waals surface area contributed by atoms with Gasteiger partial charge in [0, 0.05) is 13.0 Å². The molecule has 0 aliphatic rings. The Labute approximate surface area is 75.1 Å². The molecule has 0 N–H and O–H groups in total. The van der Waals surface area contributed by atoms with Crippen molar-refractivity contribution in [3.05, 3.63) is 40.0 Å². The lowest BCUT2D eigenvalue weighted by atomic mass is 10.1. The lowest BCUT2D eigenvalue weighted by Crippen LogP contribution is -1.81. The van der Waals surface area contributed by atoms with Crippen LogP contribution in [0.5, 0.6) is 0 Å². The molecule has 0 aliphatic carbocycles. The average Bonchev–Trinajstić information content (AvgIpc) is 1.88. The van der Waals surface area contributed by atoms with E-state index < -0.39 is 0 Å². The Bertz CT molecular complexity index is 251. The molecule has 1 aromatic carbocycles. The van der Waals surface area contributed by atoms with E-state index in [0.717, 1.165) is 11.1 Å². The predicted molar refractivity (Wildman–Crippen MR) is 52.5 cm³/mol. The first-order valence-corrected chi connectivity index (χ1v) is 4.13. The third kappa shape index (κ3) is 1.55. The van der Waals surface area contributed by atoms with Crippen molar-refractivity contribution in [2.45, 2.75) is 6.92 Å². The standard InChI is InChI=1S/C9H8I/c1-7(2)8-5-3-4-6-9(8)10/h1,3-6H,2H3/q+1. The zero-order chi connectivity index (χ0) is 7.56. The molecular formula is C9H8I+. The van der Waals surface area contributed by atoms with Crippen molar-refractivity contribution < 1.29 is 0 Å². The molecule has 0 atom stereocenters. The number of benzene rings is 1. The highest BCUT2D eigenvalue weighted by atomic mass is 127. The van der Waals surface area contributed by atoms with Crippen LogP contribution in [0.1, 0.15) is 12.5 Å². The van der Waals surface area contributed by atoms with Gasteiger partial charge >= 0.3 is 0 Å². The summed E-state index contributed by atoms with van der Waals surface area (Å²) in [4.78, 5) is 0. The van der Waals surface area contributed by atoms with Crippen molar-refractivity contribution in [1.82, 2.24) is 0 Å². The molecule has 0 fully saturated rings. The Morgan fingerprint density at radius 3 is 2.40 bits per heavy atom. The van der Waals surface area contributed by atoms with Crippen LogP contribution in [0.4, 0.5) is 0 Å². The molecule has 0 nitrogen and oxygen atoms in total. The molecule has 1 aromatic rings. The van der Waals surface area contributed by atoms with Gasteiger partial charge < -0.3 is 0 Å². The van der Waals surface area contributed by atoms with Crippen molar-refractivity contribution in [3.8, 4) is 0 Å². The number of rotatable bonds is 1. The van der Waals surface area contributed by atoms with Crippen LogP contribution in [-0.4, -0.2) is 0 Å². The Hall–Kier alpha value is -0.400. The highest BCUT2D eigenvalue weighted by molar-refractivity contribution is 14.1. The summed E-state index contributed by atoms with van der Waals surface area (Å²) in [7, 11) is 0. The molecular weight excluding hydrogens is 235 g/mol. The second-order valence-corrected chi connectivity index (χ2v) is 3.33. The fourth-order valence-corrected chi connectivity index (χ4v) is 1.59. The molecule has 0 unspecified atom stereocenters. The van der Waals surface area contributed by atoms with E-state index >= 15 is 0 Å². The summed E-state index contributed by atoms with van der Waals surface area (Å²) in [6.45, 7) is 7.54. The molecule has 0 amide bonds. The molecule has 0 bridgehead atoms. The van der Waals surface area contributed by atoms with Crippen LogP contribution < -0.4 is 0 Å². The number of halogens is 1. The number of hydrogen-bond donors (Lipinski definition) is 0. The van der Waals surface area contributed by atoms with Gasteiger partial charge in [-0.1, -0.05) is 6.07 Å². The Balaban J connectivity index is 3.15. The molecule has 1 rings (SSSR count). The molecule has 50 valence electrons. The molecule has 0 aromatic heterocycles. The van der Waals surface area contributed by atoms with Gasteiger partial charge in [0.15, 0.2) is 5.57 Å². The van der Waals surface area contributed by atoms with E-state index in [0.29, 0.717) is 0 Å². The zero-order valence-electron chi connectivity index (χ0n) is 5.76. The first kappa shape index (κ1) is 7.70. The van der Waals surface area contributed by atoms with Crippen LogP contribution in [0.3, 0.4) is 0 Å². The van der Waals surface area contributed by atoms with Crippen molar-refractivity contribution in [2.24, 2.45) is 0 Å². The normalized spacial score (nSPS) is 9.30. The molecule has 10 heavy (non-hydrogen) atoms. The maximum atomic E-state index is 5.63. The Kier molecular flexibility index (Phi) is 2.41. The minimum Gasteiger partial charge on any atom is -0.0575 e. The summed E-state index contributed by atoms with van der Waals surface area (Å²) in [6.07, 6.45) is 0. The monoisotopic (exact) mass is 243 g/mol. The lowest BCUT2D eigenvalue weighted by Gasteiger charge is -1.89. The van der Waals surface area contributed by atoms with Crippen LogP contribution >= 0.6 is 22.6 Å². The summed E-state index contributed by atoms with van der Waals surface area (Å²) < 4.78 is 1.21. The van der Waals surface area contributed by atoms with Crippen molar-refractivity contribution >= 4 is 28.2 Å². The van der Waals surface area contributed by atoms with Crippen LogP contribution in [0.15, 0.2) is 24.3 Å². The molecule has 0 saturated carbocycles.